The lowest BCUT2D eigenvalue weighted by Crippen LogP contribution is -2.04. The van der Waals surface area contributed by atoms with Crippen LogP contribution in [0.25, 0.3) is 0 Å². The summed E-state index contributed by atoms with van der Waals surface area (Å²) in [6.45, 7) is 0. The van der Waals surface area contributed by atoms with Crippen molar-refractivity contribution in [3.8, 4) is 0 Å². The third-order valence-electron chi connectivity index (χ3n) is 1.30. The van der Waals surface area contributed by atoms with E-state index in [1.54, 1.807) is 0 Å². The minimum absolute atomic E-state index is 0.0502. The second-order valence-electron chi connectivity index (χ2n) is 2.35. The van der Waals surface area contributed by atoms with Crippen LogP contribution in [0.1, 0.15) is 0 Å². The highest BCUT2D eigenvalue weighted by molar-refractivity contribution is 8.14. The monoisotopic (exact) mass is 236 g/mol. The van der Waals surface area contributed by atoms with Crippen LogP contribution in [-0.4, -0.2) is 13.3 Å². The second kappa shape index (κ2) is 3.81. The van der Waals surface area contributed by atoms with Crippen LogP contribution in [0, 0.1) is 10.1 Å². The molecule has 0 heterocycles. The van der Waals surface area contributed by atoms with Crippen LogP contribution in [0.5, 0.6) is 0 Å². The van der Waals surface area contributed by atoms with Gasteiger partial charge in [-0.25, -0.2) is 0 Å². The Balaban J connectivity index is 3.01. The van der Waals surface area contributed by atoms with Gasteiger partial charge in [0.1, 0.15) is 0 Å². The van der Waals surface area contributed by atoms with Gasteiger partial charge in [-0.15, -0.1) is 0 Å². The minimum Gasteiger partial charge on any atom is -0.271 e. The van der Waals surface area contributed by atoms with Gasteiger partial charge in [-0.3, -0.25) is 14.8 Å². The van der Waals surface area contributed by atoms with Crippen LogP contribution in [0.15, 0.2) is 24.3 Å². The van der Waals surface area contributed by atoms with Gasteiger partial charge in [0.2, 0.25) is 0 Å². The summed E-state index contributed by atoms with van der Waals surface area (Å²) in [6.07, 6.45) is 0. The first-order chi connectivity index (χ1) is 6.38. The van der Waals surface area contributed by atoms with Crippen LogP contribution in [-0.2, 0) is 9.24 Å². The molecule has 0 saturated carbocycles. The molecule has 0 aliphatic rings. The van der Waals surface area contributed by atoms with Crippen LogP contribution in [0.3, 0.4) is 0 Å². The molecule has 0 unspecified atom stereocenters. The molecule has 1 N–H and O–H groups in total. The first-order valence-corrected chi connectivity index (χ1v) is 5.66. The van der Waals surface area contributed by atoms with Crippen LogP contribution in [0.4, 0.5) is 11.4 Å². The summed E-state index contributed by atoms with van der Waals surface area (Å²) >= 11 is 0. The molecule has 0 amide bonds. The quantitative estimate of drug-likeness (QED) is 0.489. The van der Waals surface area contributed by atoms with E-state index in [9.17, 15) is 18.5 Å². The number of hydrogen-bond acceptors (Lipinski definition) is 4. The van der Waals surface area contributed by atoms with E-state index >= 15 is 0 Å². The van der Waals surface area contributed by atoms with Crippen molar-refractivity contribution >= 4 is 31.3 Å². The number of nitro groups is 1. The summed E-state index contributed by atoms with van der Waals surface area (Å²) in [7, 11) is 0.971. The van der Waals surface area contributed by atoms with Gasteiger partial charge in [-0.05, 0) is 6.07 Å². The molecule has 0 atom stereocenters. The van der Waals surface area contributed by atoms with Crippen molar-refractivity contribution in [3.05, 3.63) is 34.4 Å². The standard InChI is InChI=1S/C6H5ClN2O4S/c7-14(12,13)8-5-2-1-3-6(4-5)9(10)11/h1-4,8H. The Morgan fingerprint density at radius 3 is 2.57 bits per heavy atom. The topological polar surface area (TPSA) is 89.3 Å². The van der Waals surface area contributed by atoms with Crippen molar-refractivity contribution in [1.82, 2.24) is 0 Å². The van der Waals surface area contributed by atoms with E-state index in [-0.39, 0.29) is 11.4 Å². The Hall–Kier alpha value is -1.34. The average Bonchev–Trinajstić information content (AvgIpc) is 2.01. The summed E-state index contributed by atoms with van der Waals surface area (Å²) < 4.78 is 23.0. The molecular formula is C6H5ClN2O4S. The number of anilines is 1. The third-order valence-corrected chi connectivity index (χ3v) is 2.01. The second-order valence-corrected chi connectivity index (χ2v) is 4.65. The van der Waals surface area contributed by atoms with Gasteiger partial charge in [0.05, 0.1) is 10.6 Å². The van der Waals surface area contributed by atoms with Gasteiger partial charge < -0.3 is 0 Å². The van der Waals surface area contributed by atoms with E-state index in [1.165, 1.54) is 18.2 Å². The number of nitrogens with one attached hydrogen (secondary N) is 1. The summed E-state index contributed by atoms with van der Waals surface area (Å²) in [5.74, 6) is 0. The van der Waals surface area contributed by atoms with Gasteiger partial charge in [0.15, 0.2) is 0 Å². The smallest absolute Gasteiger partial charge is 0.271 e. The molecule has 0 spiro atoms. The van der Waals surface area contributed by atoms with Gasteiger partial charge >= 0.3 is 9.24 Å². The fraction of sp³-hybridized carbons (Fsp3) is 0. The zero-order chi connectivity index (χ0) is 10.8. The molecule has 0 aliphatic heterocycles. The molecule has 8 heteroatoms. The number of rotatable bonds is 3. The molecule has 0 fully saturated rings. The molecule has 1 aromatic rings. The van der Waals surface area contributed by atoms with Gasteiger partial charge in [0.25, 0.3) is 5.69 Å². The fourth-order valence-corrected chi connectivity index (χ4v) is 1.50. The Kier molecular flexibility index (Phi) is 2.92. The highest BCUT2D eigenvalue weighted by atomic mass is 35.7. The number of nitro benzene ring substituents is 1. The molecule has 6 nitrogen and oxygen atoms in total. The predicted octanol–water partition coefficient (Wildman–Crippen LogP) is 1.49. The highest BCUT2D eigenvalue weighted by Crippen LogP contribution is 2.18. The number of benzene rings is 1. The Bertz CT molecular complexity index is 459. The van der Waals surface area contributed by atoms with E-state index in [0.717, 1.165) is 6.07 Å². The van der Waals surface area contributed by atoms with Crippen molar-refractivity contribution in [3.63, 3.8) is 0 Å². The maximum atomic E-state index is 10.6. The lowest BCUT2D eigenvalue weighted by molar-refractivity contribution is -0.384. The van der Waals surface area contributed by atoms with E-state index < -0.39 is 14.2 Å². The molecule has 1 rings (SSSR count). The van der Waals surface area contributed by atoms with Crippen molar-refractivity contribution < 1.29 is 13.3 Å². The number of halogens is 1. The van der Waals surface area contributed by atoms with Crippen LogP contribution < -0.4 is 4.72 Å². The lowest BCUT2D eigenvalue weighted by atomic mass is 10.3. The number of nitrogens with zero attached hydrogens (tertiary/aromatic N) is 1. The molecule has 1 aromatic carbocycles. The summed E-state index contributed by atoms with van der Waals surface area (Å²) in [6, 6.07) is 5.02. The molecule has 0 saturated heterocycles. The Morgan fingerprint density at radius 2 is 2.07 bits per heavy atom. The number of non-ortho nitro benzene ring substituents is 1. The summed E-state index contributed by atoms with van der Waals surface area (Å²) in [4.78, 5) is 9.68. The first kappa shape index (κ1) is 10.7. The van der Waals surface area contributed by atoms with E-state index in [4.69, 9.17) is 10.7 Å². The van der Waals surface area contributed by atoms with Gasteiger partial charge in [-0.2, -0.15) is 8.42 Å². The number of hydrogen-bond donors (Lipinski definition) is 1. The summed E-state index contributed by atoms with van der Waals surface area (Å²) in [5, 5.41) is 10.3. The zero-order valence-corrected chi connectivity index (χ0v) is 8.25. The SMILES string of the molecule is O=[N+]([O-])c1cccc(NS(=O)(=O)Cl)c1. The predicted molar refractivity (Wildman–Crippen MR) is 51.5 cm³/mol. The molecule has 0 aromatic heterocycles. The Labute approximate surface area is 84.2 Å². The van der Waals surface area contributed by atoms with E-state index in [0.29, 0.717) is 0 Å². The molecule has 0 aliphatic carbocycles. The summed E-state index contributed by atoms with van der Waals surface area (Å²) in [5.41, 5.74) is -0.162. The normalized spacial score (nSPS) is 10.9. The third kappa shape index (κ3) is 3.19. The van der Waals surface area contributed by atoms with Crippen molar-refractivity contribution in [2.75, 3.05) is 4.72 Å². The van der Waals surface area contributed by atoms with Gasteiger partial charge in [0, 0.05) is 22.8 Å². The first-order valence-electron chi connectivity index (χ1n) is 3.35. The van der Waals surface area contributed by atoms with Crippen molar-refractivity contribution in [1.29, 1.82) is 0 Å². The van der Waals surface area contributed by atoms with Crippen LogP contribution in [0.2, 0.25) is 0 Å². The lowest BCUT2D eigenvalue weighted by Gasteiger charge is -2.00. The van der Waals surface area contributed by atoms with Crippen molar-refractivity contribution in [2.45, 2.75) is 0 Å². The minimum atomic E-state index is -3.92. The van der Waals surface area contributed by atoms with Crippen LogP contribution >= 0.6 is 10.7 Å². The maximum absolute atomic E-state index is 10.6. The van der Waals surface area contributed by atoms with E-state index in [1.807, 2.05) is 4.72 Å². The highest BCUT2D eigenvalue weighted by Gasteiger charge is 2.09. The molecular weight excluding hydrogens is 232 g/mol. The van der Waals surface area contributed by atoms with Crippen molar-refractivity contribution in [2.24, 2.45) is 0 Å². The molecule has 14 heavy (non-hydrogen) atoms. The molecule has 76 valence electrons. The maximum Gasteiger partial charge on any atom is 0.319 e. The average molecular weight is 237 g/mol. The van der Waals surface area contributed by atoms with Gasteiger partial charge in [-0.1, -0.05) is 6.07 Å². The Morgan fingerprint density at radius 1 is 1.43 bits per heavy atom. The molecule has 0 radical (unpaired) electrons. The fourth-order valence-electron chi connectivity index (χ4n) is 0.824. The largest absolute Gasteiger partial charge is 0.319 e. The molecule has 0 bridgehead atoms. The van der Waals surface area contributed by atoms with E-state index in [2.05, 4.69) is 0 Å². The zero-order valence-electron chi connectivity index (χ0n) is 6.68.